The molecule has 2 aromatic rings. The van der Waals surface area contributed by atoms with Crippen LogP contribution < -0.4 is 0 Å². The summed E-state index contributed by atoms with van der Waals surface area (Å²) in [5, 5.41) is 0. The second-order valence-electron chi connectivity index (χ2n) is 10.1. The van der Waals surface area contributed by atoms with Gasteiger partial charge in [0.15, 0.2) is 11.5 Å². The maximum atomic E-state index is 14.1. The van der Waals surface area contributed by atoms with E-state index in [9.17, 15) is 9.59 Å². The summed E-state index contributed by atoms with van der Waals surface area (Å²) >= 11 is 0. The fraction of sp³-hybridized carbons (Fsp3) is 0.533. The Bertz CT molecular complexity index is 1010. The van der Waals surface area contributed by atoms with Gasteiger partial charge in [-0.25, -0.2) is 0 Å². The van der Waals surface area contributed by atoms with Crippen LogP contribution in [0.2, 0.25) is 0 Å². The van der Waals surface area contributed by atoms with E-state index in [1.807, 2.05) is 24.3 Å². The van der Waals surface area contributed by atoms with E-state index in [2.05, 4.69) is 27.7 Å². The van der Waals surface area contributed by atoms with Gasteiger partial charge in [-0.1, -0.05) is 66.2 Å². The largest absolute Gasteiger partial charge is 0.463 e. The molecule has 2 unspecified atom stereocenters. The summed E-state index contributed by atoms with van der Waals surface area (Å²) in [6, 6.07) is 7.31. The molecule has 0 saturated carbocycles. The maximum absolute atomic E-state index is 14.1. The summed E-state index contributed by atoms with van der Waals surface area (Å²) in [6.07, 6.45) is 11.7. The topological polar surface area (TPSA) is 66.9 Å². The molecule has 2 aliphatic rings. The monoisotopic (exact) mass is 492 g/mol. The Balaban J connectivity index is 1.81. The van der Waals surface area contributed by atoms with Gasteiger partial charge >= 0.3 is 0 Å². The van der Waals surface area contributed by atoms with Crippen LogP contribution in [0, 0.1) is 11.8 Å². The molecule has 194 valence electrons. The average molecular weight is 493 g/mol. The lowest BCUT2D eigenvalue weighted by Crippen LogP contribution is -2.34. The van der Waals surface area contributed by atoms with Gasteiger partial charge in [-0.3, -0.25) is 9.59 Å². The molecule has 0 N–H and O–H groups in total. The normalized spacial score (nSPS) is 17.6. The zero-order valence-electron chi connectivity index (χ0n) is 22.2. The minimum Gasteiger partial charge on any atom is -0.463 e. The van der Waals surface area contributed by atoms with Gasteiger partial charge in [-0.2, -0.15) is 0 Å². The van der Waals surface area contributed by atoms with Crippen molar-refractivity contribution in [2.45, 2.75) is 79.1 Å². The first-order chi connectivity index (χ1) is 17.5. The summed E-state index contributed by atoms with van der Waals surface area (Å²) in [7, 11) is 0. The maximum Gasteiger partial charge on any atom is 0.261 e. The lowest BCUT2D eigenvalue weighted by atomic mass is 9.98. The number of carbonyl (C=O) groups is 2. The first kappa shape index (κ1) is 26.1. The fourth-order valence-corrected chi connectivity index (χ4v) is 5.43. The Morgan fingerprint density at radius 3 is 1.42 bits per heavy atom. The first-order valence-corrected chi connectivity index (χ1v) is 13.8. The summed E-state index contributed by atoms with van der Waals surface area (Å²) in [6.45, 7) is 9.86. The molecule has 0 fully saturated rings. The number of unbranched alkanes of at least 4 members (excludes halogenated alkanes) is 2. The molecule has 4 heterocycles. The quantitative estimate of drug-likeness (QED) is 0.282. The minimum atomic E-state index is -0.129. The molecule has 6 heteroatoms. The second-order valence-corrected chi connectivity index (χ2v) is 10.1. The summed E-state index contributed by atoms with van der Waals surface area (Å²) < 4.78 is 11.6. The first-order valence-electron chi connectivity index (χ1n) is 13.8. The Morgan fingerprint density at radius 1 is 0.694 bits per heavy atom. The third-order valence-electron chi connectivity index (χ3n) is 7.66. The van der Waals surface area contributed by atoms with E-state index >= 15 is 0 Å². The third kappa shape index (κ3) is 4.95. The molecule has 0 aliphatic carbocycles. The number of hydrogen-bond acceptors (Lipinski definition) is 4. The van der Waals surface area contributed by atoms with E-state index in [1.165, 1.54) is 0 Å². The van der Waals surface area contributed by atoms with E-state index in [4.69, 9.17) is 8.83 Å². The summed E-state index contributed by atoms with van der Waals surface area (Å²) in [4.78, 5) is 31.8. The third-order valence-corrected chi connectivity index (χ3v) is 7.66. The van der Waals surface area contributed by atoms with Gasteiger partial charge in [-0.15, -0.1) is 0 Å². The van der Waals surface area contributed by atoms with Crippen LogP contribution in [0.25, 0.3) is 11.4 Å². The van der Waals surface area contributed by atoms with E-state index in [0.717, 1.165) is 51.4 Å². The molecule has 2 amide bonds. The Hall–Kier alpha value is -3.02. The molecular weight excluding hydrogens is 452 g/mol. The number of furan rings is 2. The van der Waals surface area contributed by atoms with Crippen LogP contribution >= 0.6 is 0 Å². The molecule has 0 aromatic carbocycles. The van der Waals surface area contributed by atoms with Crippen molar-refractivity contribution in [3.8, 4) is 0 Å². The molecular formula is C30H40N2O4. The van der Waals surface area contributed by atoms with Crippen LogP contribution in [-0.2, 0) is 9.59 Å². The zero-order valence-corrected chi connectivity index (χ0v) is 22.2. The molecule has 2 aromatic heterocycles. The number of carbonyl (C=O) groups excluding carboxylic acids is 2. The predicted octanol–water partition coefficient (Wildman–Crippen LogP) is 7.11. The Kier molecular flexibility index (Phi) is 8.55. The van der Waals surface area contributed by atoms with Crippen LogP contribution in [0.3, 0.4) is 0 Å². The van der Waals surface area contributed by atoms with Crippen LogP contribution in [0.15, 0.2) is 56.8 Å². The highest BCUT2D eigenvalue weighted by molar-refractivity contribution is 6.29. The summed E-state index contributed by atoms with van der Waals surface area (Å²) in [5.41, 5.74) is 2.12. The molecule has 4 rings (SSSR count). The molecule has 6 nitrogen and oxygen atoms in total. The van der Waals surface area contributed by atoms with Crippen LogP contribution in [0.5, 0.6) is 0 Å². The molecule has 2 aliphatic heterocycles. The van der Waals surface area contributed by atoms with Gasteiger partial charge in [0, 0.05) is 13.1 Å². The highest BCUT2D eigenvalue weighted by Crippen LogP contribution is 2.47. The van der Waals surface area contributed by atoms with Gasteiger partial charge in [0.25, 0.3) is 11.8 Å². The molecule has 36 heavy (non-hydrogen) atoms. The number of fused-ring (bicyclic) bond motifs is 1. The van der Waals surface area contributed by atoms with Crippen molar-refractivity contribution < 1.29 is 18.4 Å². The van der Waals surface area contributed by atoms with Crippen molar-refractivity contribution in [2.24, 2.45) is 11.8 Å². The lowest BCUT2D eigenvalue weighted by molar-refractivity contribution is -0.124. The van der Waals surface area contributed by atoms with Crippen molar-refractivity contribution in [3.63, 3.8) is 0 Å². The van der Waals surface area contributed by atoms with E-state index in [-0.39, 0.29) is 11.8 Å². The summed E-state index contributed by atoms with van der Waals surface area (Å²) in [5.74, 6) is 1.58. The number of rotatable bonds is 14. The van der Waals surface area contributed by atoms with Gasteiger partial charge in [0.1, 0.15) is 11.4 Å². The number of nitrogens with zero attached hydrogens (tertiary/aromatic N) is 2. The van der Waals surface area contributed by atoms with Crippen molar-refractivity contribution in [1.29, 1.82) is 0 Å². The van der Waals surface area contributed by atoms with Crippen molar-refractivity contribution in [1.82, 2.24) is 9.80 Å². The molecule has 0 saturated heterocycles. The predicted molar refractivity (Wildman–Crippen MR) is 141 cm³/mol. The molecule has 2 atom stereocenters. The van der Waals surface area contributed by atoms with E-state index in [0.29, 0.717) is 59.0 Å². The molecule has 0 bridgehead atoms. The van der Waals surface area contributed by atoms with Crippen LogP contribution in [-0.4, -0.2) is 34.7 Å². The van der Waals surface area contributed by atoms with Crippen LogP contribution in [0.4, 0.5) is 0 Å². The fourth-order valence-electron chi connectivity index (χ4n) is 5.43. The van der Waals surface area contributed by atoms with E-state index in [1.54, 1.807) is 22.3 Å². The average Bonchev–Trinajstić information content (AvgIpc) is 3.68. The highest BCUT2D eigenvalue weighted by atomic mass is 16.3. The van der Waals surface area contributed by atoms with E-state index < -0.39 is 0 Å². The highest BCUT2D eigenvalue weighted by Gasteiger charge is 2.50. The van der Waals surface area contributed by atoms with Gasteiger partial charge in [0.05, 0.1) is 23.7 Å². The smallest absolute Gasteiger partial charge is 0.261 e. The SMILES string of the molecule is CCCCC(CC)CN1C(=O)C2=C(c3ccco3)N(CC(CC)CCCC)C(=O)C2=C1c1ccco1. The van der Waals surface area contributed by atoms with Crippen molar-refractivity contribution in [2.75, 3.05) is 13.1 Å². The lowest BCUT2D eigenvalue weighted by Gasteiger charge is -2.28. The van der Waals surface area contributed by atoms with Crippen molar-refractivity contribution in [3.05, 3.63) is 59.5 Å². The van der Waals surface area contributed by atoms with Gasteiger partial charge < -0.3 is 18.6 Å². The Morgan fingerprint density at radius 2 is 1.11 bits per heavy atom. The molecule has 0 spiro atoms. The molecule has 0 radical (unpaired) electrons. The van der Waals surface area contributed by atoms with Crippen LogP contribution in [0.1, 0.15) is 90.6 Å². The van der Waals surface area contributed by atoms with Gasteiger partial charge in [0.2, 0.25) is 0 Å². The standard InChI is InChI=1S/C30H40N2O4/c1-5-9-13-21(7-3)19-31-27(23-15-11-17-35-23)25-26(29(31)33)28(24-16-12-18-36-24)32(30(25)34)20-22(8-4)14-10-6-2/h11-12,15-18,21-22H,5-10,13-14,19-20H2,1-4H3. The van der Waals surface area contributed by atoms with Gasteiger partial charge in [-0.05, 0) is 48.9 Å². The minimum absolute atomic E-state index is 0.129. The Labute approximate surface area is 215 Å². The zero-order chi connectivity index (χ0) is 25.7. The number of amides is 2. The number of hydrogen-bond donors (Lipinski definition) is 0. The second kappa shape index (κ2) is 11.8. The van der Waals surface area contributed by atoms with Crippen molar-refractivity contribution >= 4 is 23.2 Å².